The van der Waals surface area contributed by atoms with Gasteiger partial charge in [-0.3, -0.25) is 4.99 Å². The molecule has 25 heavy (non-hydrogen) atoms. The molecular weight excluding hydrogens is 334 g/mol. The third-order valence-corrected chi connectivity index (χ3v) is 7.54. The number of likely N-dealkylation sites (tertiary alicyclic amines) is 1. The fraction of sp³-hybridized carbons (Fsp3) is 0.632. The Morgan fingerprint density at radius 1 is 1.28 bits per heavy atom. The van der Waals surface area contributed by atoms with E-state index in [2.05, 4.69) is 15.2 Å². The number of guanidine groups is 1. The summed E-state index contributed by atoms with van der Waals surface area (Å²) < 4.78 is 25.3. The van der Waals surface area contributed by atoms with Crippen LogP contribution < -0.4 is 5.32 Å². The number of nitrogens with one attached hydrogen (secondary N) is 1. The summed E-state index contributed by atoms with van der Waals surface area (Å²) in [5.74, 6) is 0.935. The number of rotatable bonds is 5. The molecule has 3 rings (SSSR count). The first-order valence-electron chi connectivity index (χ1n) is 9.24. The Kier molecular flexibility index (Phi) is 5.37. The van der Waals surface area contributed by atoms with E-state index in [-0.39, 0.29) is 11.8 Å². The van der Waals surface area contributed by atoms with Crippen LogP contribution in [0.2, 0.25) is 0 Å². The minimum absolute atomic E-state index is 0.0888. The largest absolute Gasteiger partial charge is 0.352 e. The molecule has 6 heteroatoms. The van der Waals surface area contributed by atoms with Crippen LogP contribution in [0.15, 0.2) is 40.2 Å². The summed E-state index contributed by atoms with van der Waals surface area (Å²) in [6, 6.07) is 8.56. The lowest BCUT2D eigenvalue weighted by Gasteiger charge is -2.38. The highest BCUT2D eigenvalue weighted by Crippen LogP contribution is 2.47. The average Bonchev–Trinajstić information content (AvgIpc) is 3.05. The van der Waals surface area contributed by atoms with Crippen LogP contribution in [0.5, 0.6) is 0 Å². The van der Waals surface area contributed by atoms with Gasteiger partial charge in [-0.1, -0.05) is 31.5 Å². The van der Waals surface area contributed by atoms with Crippen molar-refractivity contribution < 1.29 is 8.42 Å². The first kappa shape index (κ1) is 18.2. The Morgan fingerprint density at radius 3 is 2.52 bits per heavy atom. The van der Waals surface area contributed by atoms with Gasteiger partial charge in [0.15, 0.2) is 15.8 Å². The third kappa shape index (κ3) is 4.00. The summed E-state index contributed by atoms with van der Waals surface area (Å²) >= 11 is 0. The fourth-order valence-electron chi connectivity index (χ4n) is 3.93. The topological polar surface area (TPSA) is 61.8 Å². The van der Waals surface area contributed by atoms with Crippen molar-refractivity contribution in [2.24, 2.45) is 10.4 Å². The highest BCUT2D eigenvalue weighted by molar-refractivity contribution is 7.91. The number of aliphatic imine (C=N–C) groups is 1. The Hall–Kier alpha value is -1.56. The molecule has 0 bridgehead atoms. The quantitative estimate of drug-likeness (QED) is 0.645. The van der Waals surface area contributed by atoms with E-state index in [0.29, 0.717) is 10.3 Å². The molecule has 1 aromatic rings. The molecule has 1 aliphatic heterocycles. The van der Waals surface area contributed by atoms with Gasteiger partial charge in [0.2, 0.25) is 0 Å². The molecule has 0 amide bonds. The van der Waals surface area contributed by atoms with Crippen LogP contribution >= 0.6 is 0 Å². The van der Waals surface area contributed by atoms with E-state index in [0.717, 1.165) is 25.5 Å². The van der Waals surface area contributed by atoms with Crippen LogP contribution in [-0.2, 0) is 9.84 Å². The van der Waals surface area contributed by atoms with Crippen LogP contribution in [0.4, 0.5) is 0 Å². The molecule has 0 aromatic heterocycles. The van der Waals surface area contributed by atoms with E-state index in [1.54, 1.807) is 31.3 Å². The molecule has 1 atom stereocenters. The monoisotopic (exact) mass is 363 g/mol. The van der Waals surface area contributed by atoms with Crippen LogP contribution in [0.25, 0.3) is 0 Å². The zero-order chi connectivity index (χ0) is 17.9. The van der Waals surface area contributed by atoms with Crippen molar-refractivity contribution in [3.05, 3.63) is 30.3 Å². The molecule has 2 aliphatic rings. The second-order valence-corrected chi connectivity index (χ2v) is 9.45. The fourth-order valence-corrected chi connectivity index (χ4v) is 5.54. The standard InChI is InChI=1S/C19H29N3O2S/c1-3-16(14-25(23,24)17-8-5-4-6-9-17)21-18(20-2)22-13-12-19(15-22)10-7-11-19/h4-6,8-9,16H,3,7,10-15H2,1-2H3,(H,20,21). The maximum Gasteiger partial charge on any atom is 0.193 e. The maximum atomic E-state index is 12.7. The molecule has 1 aromatic carbocycles. The molecule has 1 heterocycles. The second-order valence-electron chi connectivity index (χ2n) is 7.42. The van der Waals surface area contributed by atoms with Crippen LogP contribution in [0.3, 0.4) is 0 Å². The smallest absolute Gasteiger partial charge is 0.193 e. The number of hydrogen-bond acceptors (Lipinski definition) is 3. The molecular formula is C19H29N3O2S. The number of sulfone groups is 1. The lowest BCUT2D eigenvalue weighted by atomic mass is 9.68. The summed E-state index contributed by atoms with van der Waals surface area (Å²) in [4.78, 5) is 7.11. The SMILES string of the molecule is CCC(CS(=O)(=O)c1ccccc1)NC(=NC)N1CCC2(CCC2)C1. The Bertz CT molecular complexity index is 711. The van der Waals surface area contributed by atoms with Crippen molar-refractivity contribution >= 4 is 15.8 Å². The predicted molar refractivity (Wildman–Crippen MR) is 102 cm³/mol. The molecule has 1 aliphatic carbocycles. The van der Waals surface area contributed by atoms with Gasteiger partial charge >= 0.3 is 0 Å². The van der Waals surface area contributed by atoms with E-state index in [1.807, 2.05) is 13.0 Å². The molecule has 1 unspecified atom stereocenters. The van der Waals surface area contributed by atoms with Crippen molar-refractivity contribution in [2.75, 3.05) is 25.9 Å². The van der Waals surface area contributed by atoms with E-state index in [9.17, 15) is 8.42 Å². The summed E-state index contributed by atoms with van der Waals surface area (Å²) in [6.07, 6.45) is 5.95. The van der Waals surface area contributed by atoms with Crippen LogP contribution in [-0.4, -0.2) is 51.2 Å². The van der Waals surface area contributed by atoms with E-state index in [4.69, 9.17) is 0 Å². The zero-order valence-electron chi connectivity index (χ0n) is 15.2. The molecule has 1 saturated heterocycles. The highest BCUT2D eigenvalue weighted by atomic mass is 32.2. The van der Waals surface area contributed by atoms with Gasteiger partial charge in [-0.15, -0.1) is 0 Å². The van der Waals surface area contributed by atoms with Crippen molar-refractivity contribution in [2.45, 2.75) is 50.0 Å². The van der Waals surface area contributed by atoms with Gasteiger partial charge in [0.25, 0.3) is 0 Å². The molecule has 1 saturated carbocycles. The number of hydrogen-bond donors (Lipinski definition) is 1. The van der Waals surface area contributed by atoms with Crippen LogP contribution in [0.1, 0.15) is 39.0 Å². The molecule has 0 radical (unpaired) electrons. The summed E-state index contributed by atoms with van der Waals surface area (Å²) in [6.45, 7) is 4.08. The van der Waals surface area contributed by atoms with E-state index in [1.165, 1.54) is 25.7 Å². The molecule has 5 nitrogen and oxygen atoms in total. The lowest BCUT2D eigenvalue weighted by molar-refractivity contribution is 0.151. The van der Waals surface area contributed by atoms with Crippen molar-refractivity contribution in [1.82, 2.24) is 10.2 Å². The van der Waals surface area contributed by atoms with Gasteiger partial charge in [-0.2, -0.15) is 0 Å². The summed E-state index contributed by atoms with van der Waals surface area (Å²) in [7, 11) is -1.52. The highest BCUT2D eigenvalue weighted by Gasteiger charge is 2.43. The van der Waals surface area contributed by atoms with Crippen molar-refractivity contribution in [3.8, 4) is 0 Å². The minimum Gasteiger partial charge on any atom is -0.352 e. The molecule has 1 N–H and O–H groups in total. The summed E-state index contributed by atoms with van der Waals surface area (Å²) in [5, 5.41) is 3.40. The maximum absolute atomic E-state index is 12.7. The van der Waals surface area contributed by atoms with E-state index >= 15 is 0 Å². The van der Waals surface area contributed by atoms with Gasteiger partial charge in [-0.25, -0.2) is 8.42 Å². The molecule has 2 fully saturated rings. The zero-order valence-corrected chi connectivity index (χ0v) is 16.1. The van der Waals surface area contributed by atoms with Crippen molar-refractivity contribution in [3.63, 3.8) is 0 Å². The lowest BCUT2D eigenvalue weighted by Crippen LogP contribution is -2.48. The third-order valence-electron chi connectivity index (χ3n) is 5.71. The second kappa shape index (κ2) is 7.36. The molecule has 1 spiro atoms. The number of benzene rings is 1. The predicted octanol–water partition coefficient (Wildman–Crippen LogP) is 2.69. The Morgan fingerprint density at radius 2 is 2.00 bits per heavy atom. The Balaban J connectivity index is 1.65. The van der Waals surface area contributed by atoms with Gasteiger partial charge in [0.05, 0.1) is 10.6 Å². The van der Waals surface area contributed by atoms with Gasteiger partial charge < -0.3 is 10.2 Å². The average molecular weight is 364 g/mol. The normalized spacial score (nSPS) is 21.2. The van der Waals surface area contributed by atoms with Gasteiger partial charge in [-0.05, 0) is 43.2 Å². The number of nitrogens with zero attached hydrogens (tertiary/aromatic N) is 2. The van der Waals surface area contributed by atoms with Crippen molar-refractivity contribution in [1.29, 1.82) is 0 Å². The summed E-state index contributed by atoms with van der Waals surface area (Å²) in [5.41, 5.74) is 0.495. The molecule has 138 valence electrons. The first-order valence-corrected chi connectivity index (χ1v) is 10.9. The van der Waals surface area contributed by atoms with Gasteiger partial charge in [0, 0.05) is 26.2 Å². The van der Waals surface area contributed by atoms with Gasteiger partial charge in [0.1, 0.15) is 0 Å². The Labute approximate surface area is 151 Å². The van der Waals surface area contributed by atoms with E-state index < -0.39 is 9.84 Å². The minimum atomic E-state index is -3.30. The first-order chi connectivity index (χ1) is 12.0. The van der Waals surface area contributed by atoms with Crippen LogP contribution in [0, 0.1) is 5.41 Å².